The van der Waals surface area contributed by atoms with Gasteiger partial charge >= 0.3 is 0 Å². The molecule has 0 aliphatic heterocycles. The molecule has 4 aromatic rings. The van der Waals surface area contributed by atoms with Crippen molar-refractivity contribution in [2.24, 2.45) is 0 Å². The SMILES string of the molecule is COc1cc2ncnc(N(Cc3ccccc3)c3ccc(C)c(Br)c3)c2cc1OC. The van der Waals surface area contributed by atoms with Crippen molar-refractivity contribution < 1.29 is 9.47 Å². The molecule has 30 heavy (non-hydrogen) atoms. The van der Waals surface area contributed by atoms with Crippen molar-refractivity contribution in [3.63, 3.8) is 0 Å². The fraction of sp³-hybridized carbons (Fsp3) is 0.167. The maximum absolute atomic E-state index is 5.53. The molecule has 1 aromatic heterocycles. The van der Waals surface area contributed by atoms with Crippen LogP contribution in [0.15, 0.2) is 71.5 Å². The molecule has 0 aliphatic rings. The molecule has 3 aromatic carbocycles. The summed E-state index contributed by atoms with van der Waals surface area (Å²) in [6, 6.07) is 20.5. The molecule has 0 N–H and O–H groups in total. The number of aryl methyl sites for hydroxylation is 1. The number of benzene rings is 3. The summed E-state index contributed by atoms with van der Waals surface area (Å²) in [6.07, 6.45) is 1.59. The van der Waals surface area contributed by atoms with Crippen LogP contribution >= 0.6 is 15.9 Å². The first-order chi connectivity index (χ1) is 14.6. The predicted molar refractivity (Wildman–Crippen MR) is 124 cm³/mol. The van der Waals surface area contributed by atoms with Crippen LogP contribution in [0, 0.1) is 6.92 Å². The molecule has 4 rings (SSSR count). The molecule has 0 fully saturated rings. The Labute approximate surface area is 184 Å². The smallest absolute Gasteiger partial charge is 0.162 e. The Kier molecular flexibility index (Phi) is 5.86. The predicted octanol–water partition coefficient (Wildman–Crippen LogP) is 6.06. The highest BCUT2D eigenvalue weighted by molar-refractivity contribution is 9.10. The van der Waals surface area contributed by atoms with Crippen LogP contribution in [0.5, 0.6) is 11.5 Å². The fourth-order valence-electron chi connectivity index (χ4n) is 3.39. The zero-order valence-electron chi connectivity index (χ0n) is 17.1. The van der Waals surface area contributed by atoms with Gasteiger partial charge in [0, 0.05) is 28.2 Å². The van der Waals surface area contributed by atoms with Crippen LogP contribution in [-0.2, 0) is 6.54 Å². The highest BCUT2D eigenvalue weighted by Crippen LogP contribution is 2.38. The van der Waals surface area contributed by atoms with Crippen LogP contribution in [-0.4, -0.2) is 24.2 Å². The lowest BCUT2D eigenvalue weighted by Crippen LogP contribution is -2.18. The normalized spacial score (nSPS) is 10.8. The summed E-state index contributed by atoms with van der Waals surface area (Å²) < 4.78 is 12.0. The maximum atomic E-state index is 5.53. The highest BCUT2D eigenvalue weighted by Gasteiger charge is 2.18. The Hall–Kier alpha value is -3.12. The van der Waals surface area contributed by atoms with Gasteiger partial charge in [-0.25, -0.2) is 9.97 Å². The van der Waals surface area contributed by atoms with Gasteiger partial charge in [0.15, 0.2) is 11.5 Å². The molecule has 0 unspecified atom stereocenters. The number of methoxy groups -OCH3 is 2. The van der Waals surface area contributed by atoms with E-state index >= 15 is 0 Å². The second-order valence-electron chi connectivity index (χ2n) is 6.93. The van der Waals surface area contributed by atoms with Gasteiger partial charge in [0.25, 0.3) is 0 Å². The van der Waals surface area contributed by atoms with E-state index in [9.17, 15) is 0 Å². The van der Waals surface area contributed by atoms with Crippen LogP contribution in [0.1, 0.15) is 11.1 Å². The van der Waals surface area contributed by atoms with Crippen LogP contribution in [0.2, 0.25) is 0 Å². The Balaban J connectivity index is 1.91. The van der Waals surface area contributed by atoms with E-state index in [4.69, 9.17) is 9.47 Å². The molecule has 0 saturated carbocycles. The molecule has 0 bridgehead atoms. The molecule has 1 heterocycles. The van der Waals surface area contributed by atoms with Gasteiger partial charge in [0.1, 0.15) is 12.1 Å². The van der Waals surface area contributed by atoms with E-state index in [1.54, 1.807) is 20.5 Å². The minimum Gasteiger partial charge on any atom is -0.493 e. The van der Waals surface area contributed by atoms with Crippen LogP contribution in [0.25, 0.3) is 10.9 Å². The number of anilines is 2. The molecular formula is C24H22BrN3O2. The van der Waals surface area contributed by atoms with Gasteiger partial charge in [-0.15, -0.1) is 0 Å². The van der Waals surface area contributed by atoms with E-state index in [-0.39, 0.29) is 0 Å². The maximum Gasteiger partial charge on any atom is 0.162 e. The minimum atomic E-state index is 0.641. The average Bonchev–Trinajstić information content (AvgIpc) is 2.78. The molecule has 0 amide bonds. The van der Waals surface area contributed by atoms with Crippen molar-refractivity contribution in [2.75, 3.05) is 19.1 Å². The van der Waals surface area contributed by atoms with E-state index < -0.39 is 0 Å². The molecule has 0 spiro atoms. The summed E-state index contributed by atoms with van der Waals surface area (Å²) in [6.45, 7) is 2.74. The topological polar surface area (TPSA) is 47.5 Å². The second-order valence-corrected chi connectivity index (χ2v) is 7.78. The summed E-state index contributed by atoms with van der Waals surface area (Å²) in [5, 5.41) is 0.891. The third kappa shape index (κ3) is 3.96. The van der Waals surface area contributed by atoms with Crippen molar-refractivity contribution in [3.05, 3.63) is 82.6 Å². The Morgan fingerprint density at radius 1 is 0.900 bits per heavy atom. The summed E-state index contributed by atoms with van der Waals surface area (Å²) in [5.74, 6) is 2.09. The van der Waals surface area contributed by atoms with Crippen molar-refractivity contribution >= 4 is 38.3 Å². The largest absolute Gasteiger partial charge is 0.493 e. The molecular weight excluding hydrogens is 442 g/mol. The van der Waals surface area contributed by atoms with Crippen molar-refractivity contribution in [2.45, 2.75) is 13.5 Å². The first kappa shape index (κ1) is 20.2. The zero-order chi connectivity index (χ0) is 21.1. The number of hydrogen-bond donors (Lipinski definition) is 0. The van der Waals surface area contributed by atoms with Gasteiger partial charge in [-0.3, -0.25) is 0 Å². The standard InChI is InChI=1S/C24H22BrN3O2/c1-16-9-10-18(11-20(16)25)28(14-17-7-5-4-6-8-17)24-19-12-22(29-2)23(30-3)13-21(19)26-15-27-24/h4-13,15H,14H2,1-3H3. The van der Waals surface area contributed by atoms with E-state index in [2.05, 4.69) is 68.1 Å². The summed E-state index contributed by atoms with van der Waals surface area (Å²) >= 11 is 3.67. The first-order valence-electron chi connectivity index (χ1n) is 9.55. The molecule has 0 saturated heterocycles. The average molecular weight is 464 g/mol. The number of hydrogen-bond acceptors (Lipinski definition) is 5. The van der Waals surface area contributed by atoms with Gasteiger partial charge in [0.05, 0.1) is 19.7 Å². The van der Waals surface area contributed by atoms with Gasteiger partial charge in [-0.1, -0.05) is 52.3 Å². The monoisotopic (exact) mass is 463 g/mol. The Morgan fingerprint density at radius 2 is 1.63 bits per heavy atom. The molecule has 152 valence electrons. The lowest BCUT2D eigenvalue weighted by atomic mass is 10.1. The van der Waals surface area contributed by atoms with E-state index in [0.717, 1.165) is 26.9 Å². The number of ether oxygens (including phenoxy) is 2. The van der Waals surface area contributed by atoms with Crippen LogP contribution in [0.3, 0.4) is 0 Å². The van der Waals surface area contributed by atoms with Gasteiger partial charge in [-0.2, -0.15) is 0 Å². The lowest BCUT2D eigenvalue weighted by Gasteiger charge is -2.26. The fourth-order valence-corrected chi connectivity index (χ4v) is 3.76. The van der Waals surface area contributed by atoms with E-state index in [1.165, 1.54) is 11.1 Å². The number of aromatic nitrogens is 2. The van der Waals surface area contributed by atoms with Crippen LogP contribution < -0.4 is 14.4 Å². The van der Waals surface area contributed by atoms with E-state index in [0.29, 0.717) is 18.0 Å². The second kappa shape index (κ2) is 8.71. The minimum absolute atomic E-state index is 0.641. The first-order valence-corrected chi connectivity index (χ1v) is 10.3. The lowest BCUT2D eigenvalue weighted by molar-refractivity contribution is 0.356. The van der Waals surface area contributed by atoms with Gasteiger partial charge < -0.3 is 14.4 Å². The summed E-state index contributed by atoms with van der Waals surface area (Å²) in [4.78, 5) is 11.3. The Morgan fingerprint density at radius 3 is 2.33 bits per heavy atom. The number of fused-ring (bicyclic) bond motifs is 1. The summed E-state index contributed by atoms with van der Waals surface area (Å²) in [7, 11) is 3.25. The number of nitrogens with zero attached hydrogens (tertiary/aromatic N) is 3. The molecule has 0 aliphatic carbocycles. The Bertz CT molecular complexity index is 1180. The zero-order valence-corrected chi connectivity index (χ0v) is 18.7. The quantitative estimate of drug-likeness (QED) is 0.347. The number of rotatable bonds is 6. The number of halogens is 1. The van der Waals surface area contributed by atoms with Crippen LogP contribution in [0.4, 0.5) is 11.5 Å². The molecule has 0 atom stereocenters. The van der Waals surface area contributed by atoms with Crippen molar-refractivity contribution in [3.8, 4) is 11.5 Å². The van der Waals surface area contributed by atoms with E-state index in [1.807, 2.05) is 30.3 Å². The van der Waals surface area contributed by atoms with Crippen molar-refractivity contribution in [1.82, 2.24) is 9.97 Å². The molecule has 6 heteroatoms. The van der Waals surface area contributed by atoms with Gasteiger partial charge in [0.2, 0.25) is 0 Å². The highest BCUT2D eigenvalue weighted by atomic mass is 79.9. The van der Waals surface area contributed by atoms with Crippen molar-refractivity contribution in [1.29, 1.82) is 0 Å². The summed E-state index contributed by atoms with van der Waals surface area (Å²) in [5.41, 5.74) is 4.19. The third-order valence-corrected chi connectivity index (χ3v) is 5.88. The molecule has 5 nitrogen and oxygen atoms in total. The molecule has 0 radical (unpaired) electrons. The third-order valence-electron chi connectivity index (χ3n) is 5.03. The van der Waals surface area contributed by atoms with Gasteiger partial charge in [-0.05, 0) is 36.2 Å².